The number of halogens is 1. The molecule has 0 unspecified atom stereocenters. The van der Waals surface area contributed by atoms with Gasteiger partial charge >= 0.3 is 5.97 Å². The first-order chi connectivity index (χ1) is 11.2. The average molecular weight is 329 g/mol. The quantitative estimate of drug-likeness (QED) is 0.686. The lowest BCUT2D eigenvalue weighted by molar-refractivity contribution is -0.142. The first-order valence-electron chi connectivity index (χ1n) is 6.87. The molecule has 0 saturated carbocycles. The van der Waals surface area contributed by atoms with E-state index >= 15 is 0 Å². The SMILES string of the molecule is COC(=O)COc1ccc(-c2cc(Cl)c3cnccc3n2)cc1. The Kier molecular flexibility index (Phi) is 4.39. The standard InChI is InChI=1S/C17H13ClN2O3/c1-22-17(21)10-23-12-4-2-11(3-5-12)16-8-14(18)13-9-19-7-6-15(13)20-16/h2-9H,10H2,1H3. The fourth-order valence-corrected chi connectivity index (χ4v) is 2.35. The van der Waals surface area contributed by atoms with Crippen molar-refractivity contribution in [2.45, 2.75) is 0 Å². The van der Waals surface area contributed by atoms with Crippen molar-refractivity contribution in [3.8, 4) is 17.0 Å². The third-order valence-corrected chi connectivity index (χ3v) is 3.61. The van der Waals surface area contributed by atoms with Gasteiger partial charge in [0.15, 0.2) is 6.61 Å². The normalized spacial score (nSPS) is 10.5. The number of fused-ring (bicyclic) bond motifs is 1. The fourth-order valence-electron chi connectivity index (χ4n) is 2.10. The lowest BCUT2D eigenvalue weighted by Crippen LogP contribution is -2.12. The van der Waals surface area contributed by atoms with E-state index in [0.29, 0.717) is 10.8 Å². The molecule has 116 valence electrons. The zero-order valence-electron chi connectivity index (χ0n) is 12.3. The van der Waals surface area contributed by atoms with Crippen LogP contribution in [-0.4, -0.2) is 29.7 Å². The average Bonchev–Trinajstić information content (AvgIpc) is 2.60. The molecule has 0 aliphatic heterocycles. The van der Waals surface area contributed by atoms with Crippen LogP contribution in [0.15, 0.2) is 48.8 Å². The number of benzene rings is 1. The molecule has 3 aromatic rings. The number of rotatable bonds is 4. The van der Waals surface area contributed by atoms with Gasteiger partial charge in [0.25, 0.3) is 0 Å². The van der Waals surface area contributed by atoms with Crippen molar-refractivity contribution >= 4 is 28.5 Å². The van der Waals surface area contributed by atoms with E-state index in [1.165, 1.54) is 7.11 Å². The second kappa shape index (κ2) is 6.62. The number of methoxy groups -OCH3 is 1. The topological polar surface area (TPSA) is 61.3 Å². The molecule has 0 aliphatic rings. The Hall–Kier alpha value is -2.66. The highest BCUT2D eigenvalue weighted by Crippen LogP contribution is 2.28. The molecule has 0 amide bonds. The van der Waals surface area contributed by atoms with Gasteiger partial charge in [-0.3, -0.25) is 4.98 Å². The molecular weight excluding hydrogens is 316 g/mol. The molecule has 0 atom stereocenters. The first kappa shape index (κ1) is 15.2. The van der Waals surface area contributed by atoms with E-state index in [4.69, 9.17) is 16.3 Å². The van der Waals surface area contributed by atoms with Gasteiger partial charge in [-0.25, -0.2) is 9.78 Å². The van der Waals surface area contributed by atoms with Gasteiger partial charge in [0.1, 0.15) is 5.75 Å². The molecule has 2 aromatic heterocycles. The Morgan fingerprint density at radius 1 is 1.22 bits per heavy atom. The summed E-state index contributed by atoms with van der Waals surface area (Å²) in [5, 5.41) is 1.42. The predicted molar refractivity (Wildman–Crippen MR) is 87.5 cm³/mol. The minimum Gasteiger partial charge on any atom is -0.482 e. The third kappa shape index (κ3) is 3.40. The zero-order valence-corrected chi connectivity index (χ0v) is 13.1. The number of hydrogen-bond donors (Lipinski definition) is 0. The van der Waals surface area contributed by atoms with Crippen LogP contribution in [0.25, 0.3) is 22.2 Å². The maximum atomic E-state index is 11.1. The molecule has 0 fully saturated rings. The molecular formula is C17H13ClN2O3. The van der Waals surface area contributed by atoms with E-state index in [9.17, 15) is 4.79 Å². The van der Waals surface area contributed by atoms with Gasteiger partial charge in [0.05, 0.1) is 23.3 Å². The van der Waals surface area contributed by atoms with Gasteiger partial charge < -0.3 is 9.47 Å². The Balaban J connectivity index is 1.86. The second-order valence-electron chi connectivity index (χ2n) is 4.77. The van der Waals surface area contributed by atoms with Gasteiger partial charge in [-0.05, 0) is 36.4 Å². The molecule has 2 heterocycles. The van der Waals surface area contributed by atoms with Crippen molar-refractivity contribution in [2.75, 3.05) is 13.7 Å². The highest BCUT2D eigenvalue weighted by molar-refractivity contribution is 6.35. The third-order valence-electron chi connectivity index (χ3n) is 3.29. The summed E-state index contributed by atoms with van der Waals surface area (Å²) in [5.74, 6) is 0.154. The monoisotopic (exact) mass is 328 g/mol. The first-order valence-corrected chi connectivity index (χ1v) is 7.25. The van der Waals surface area contributed by atoms with E-state index in [1.54, 1.807) is 30.6 Å². The predicted octanol–water partition coefficient (Wildman–Crippen LogP) is 3.50. The van der Waals surface area contributed by atoms with Crippen LogP contribution >= 0.6 is 11.6 Å². The van der Waals surface area contributed by atoms with E-state index in [-0.39, 0.29) is 6.61 Å². The Labute approximate surface area is 137 Å². The summed E-state index contributed by atoms with van der Waals surface area (Å²) in [4.78, 5) is 19.7. The minimum atomic E-state index is -0.425. The number of esters is 1. The van der Waals surface area contributed by atoms with Crippen LogP contribution in [-0.2, 0) is 9.53 Å². The maximum absolute atomic E-state index is 11.1. The van der Waals surface area contributed by atoms with Crippen molar-refractivity contribution in [1.82, 2.24) is 9.97 Å². The molecule has 23 heavy (non-hydrogen) atoms. The van der Waals surface area contributed by atoms with Crippen LogP contribution in [0.5, 0.6) is 5.75 Å². The Morgan fingerprint density at radius 3 is 2.74 bits per heavy atom. The summed E-state index contributed by atoms with van der Waals surface area (Å²) in [6, 6.07) is 10.9. The lowest BCUT2D eigenvalue weighted by atomic mass is 10.1. The number of nitrogens with zero attached hydrogens (tertiary/aromatic N) is 2. The Bertz CT molecular complexity index is 850. The second-order valence-corrected chi connectivity index (χ2v) is 5.18. The summed E-state index contributed by atoms with van der Waals surface area (Å²) >= 11 is 6.29. The fraction of sp³-hybridized carbons (Fsp3) is 0.118. The van der Waals surface area contributed by atoms with Crippen LogP contribution < -0.4 is 4.74 Å². The number of hydrogen-bond acceptors (Lipinski definition) is 5. The summed E-state index contributed by atoms with van der Waals surface area (Å²) < 4.78 is 9.84. The van der Waals surface area contributed by atoms with E-state index < -0.39 is 5.97 Å². The van der Waals surface area contributed by atoms with E-state index in [0.717, 1.165) is 22.2 Å². The van der Waals surface area contributed by atoms with Crippen LogP contribution in [0.4, 0.5) is 0 Å². The smallest absolute Gasteiger partial charge is 0.343 e. The summed E-state index contributed by atoms with van der Waals surface area (Å²) in [6.45, 7) is -0.122. The molecule has 0 radical (unpaired) electrons. The minimum absolute atomic E-state index is 0.122. The highest BCUT2D eigenvalue weighted by Gasteiger charge is 2.07. The summed E-state index contributed by atoms with van der Waals surface area (Å²) in [5.41, 5.74) is 2.44. The van der Waals surface area contributed by atoms with Crippen LogP contribution in [0.1, 0.15) is 0 Å². The van der Waals surface area contributed by atoms with Crippen molar-refractivity contribution < 1.29 is 14.3 Å². The van der Waals surface area contributed by atoms with Crippen LogP contribution in [0.2, 0.25) is 5.02 Å². The van der Waals surface area contributed by atoms with Gasteiger partial charge in [-0.1, -0.05) is 11.6 Å². The maximum Gasteiger partial charge on any atom is 0.343 e. The lowest BCUT2D eigenvalue weighted by Gasteiger charge is -2.07. The summed E-state index contributed by atoms with van der Waals surface area (Å²) in [7, 11) is 1.32. The molecule has 5 nitrogen and oxygen atoms in total. The number of ether oxygens (including phenoxy) is 2. The van der Waals surface area contributed by atoms with E-state index in [1.807, 2.05) is 18.2 Å². The van der Waals surface area contributed by atoms with Gasteiger partial charge in [-0.15, -0.1) is 0 Å². The largest absolute Gasteiger partial charge is 0.482 e. The van der Waals surface area contributed by atoms with Crippen LogP contribution in [0.3, 0.4) is 0 Å². The van der Waals surface area contributed by atoms with Crippen molar-refractivity contribution in [2.24, 2.45) is 0 Å². The van der Waals surface area contributed by atoms with Crippen molar-refractivity contribution in [3.05, 3.63) is 53.8 Å². The van der Waals surface area contributed by atoms with Crippen LogP contribution in [0, 0.1) is 0 Å². The molecule has 0 aliphatic carbocycles. The molecule has 6 heteroatoms. The van der Waals surface area contributed by atoms with E-state index in [2.05, 4.69) is 14.7 Å². The molecule has 3 rings (SSSR count). The molecule has 0 N–H and O–H groups in total. The summed E-state index contributed by atoms with van der Waals surface area (Å²) in [6.07, 6.45) is 3.37. The van der Waals surface area contributed by atoms with Gasteiger partial charge in [-0.2, -0.15) is 0 Å². The van der Waals surface area contributed by atoms with Crippen molar-refractivity contribution in [1.29, 1.82) is 0 Å². The molecule has 0 saturated heterocycles. The van der Waals surface area contributed by atoms with Gasteiger partial charge in [0.2, 0.25) is 0 Å². The number of aromatic nitrogens is 2. The zero-order chi connectivity index (χ0) is 16.2. The number of pyridine rings is 2. The number of carbonyl (C=O) groups is 1. The Morgan fingerprint density at radius 2 is 2.00 bits per heavy atom. The highest BCUT2D eigenvalue weighted by atomic mass is 35.5. The van der Waals surface area contributed by atoms with Crippen molar-refractivity contribution in [3.63, 3.8) is 0 Å². The molecule has 0 spiro atoms. The molecule has 0 bridgehead atoms. The number of carbonyl (C=O) groups excluding carboxylic acids is 1. The molecule has 1 aromatic carbocycles. The van der Waals surface area contributed by atoms with Gasteiger partial charge in [0, 0.05) is 23.3 Å².